The fourth-order valence-corrected chi connectivity index (χ4v) is 2.62. The molecule has 0 amide bonds. The average Bonchev–Trinajstić information content (AvgIpc) is 2.98. The number of aromatic nitrogens is 4. The van der Waals surface area contributed by atoms with Crippen LogP contribution in [0.25, 0.3) is 5.82 Å². The Bertz CT molecular complexity index is 933. The number of nitrogen functional groups attached to an aromatic ring is 1. The Labute approximate surface area is 148 Å². The number of hydrogen-bond acceptors (Lipinski definition) is 8. The van der Waals surface area contributed by atoms with Gasteiger partial charge in [-0.15, -0.1) is 11.8 Å². The van der Waals surface area contributed by atoms with E-state index in [9.17, 15) is 5.26 Å². The summed E-state index contributed by atoms with van der Waals surface area (Å²) in [6, 6.07) is 10.8. The Kier molecular flexibility index (Phi) is 4.72. The third-order valence-electron chi connectivity index (χ3n) is 3.32. The molecule has 0 aliphatic carbocycles. The van der Waals surface area contributed by atoms with Gasteiger partial charge in [-0.25, -0.2) is 9.97 Å². The van der Waals surface area contributed by atoms with Gasteiger partial charge in [-0.3, -0.25) is 0 Å². The van der Waals surface area contributed by atoms with Gasteiger partial charge in [0.1, 0.15) is 40.3 Å². The molecule has 0 radical (unpaired) electrons. The first kappa shape index (κ1) is 16.6. The topological polar surface area (TPSA) is 112 Å². The number of nitrogens with zero attached hydrogens (tertiary/aromatic N) is 5. The highest BCUT2D eigenvalue weighted by atomic mass is 32.2. The Morgan fingerprint density at radius 2 is 1.92 bits per heavy atom. The lowest BCUT2D eigenvalue weighted by molar-refractivity contribution is 0.412. The van der Waals surface area contributed by atoms with Crippen LogP contribution >= 0.6 is 11.8 Å². The van der Waals surface area contributed by atoms with Crippen molar-refractivity contribution < 1.29 is 9.47 Å². The first-order chi connectivity index (χ1) is 12.2. The molecule has 2 aromatic heterocycles. The van der Waals surface area contributed by atoms with Crippen LogP contribution < -0.4 is 15.2 Å². The zero-order valence-electron chi connectivity index (χ0n) is 13.5. The summed E-state index contributed by atoms with van der Waals surface area (Å²) in [7, 11) is 1.60. The van der Waals surface area contributed by atoms with Crippen LogP contribution in [0.1, 0.15) is 5.56 Å². The average molecular weight is 354 g/mol. The number of nitrogens with two attached hydrogens (primary N) is 1. The first-order valence-corrected chi connectivity index (χ1v) is 8.35. The van der Waals surface area contributed by atoms with Gasteiger partial charge in [-0.1, -0.05) is 0 Å². The maximum Gasteiger partial charge on any atom is 0.224 e. The summed E-state index contributed by atoms with van der Waals surface area (Å²) in [5, 5.41) is 14.1. The first-order valence-electron chi connectivity index (χ1n) is 7.13. The van der Waals surface area contributed by atoms with E-state index in [0.717, 1.165) is 5.75 Å². The van der Waals surface area contributed by atoms with Gasteiger partial charge in [0.15, 0.2) is 5.82 Å². The molecule has 0 spiro atoms. The van der Waals surface area contributed by atoms with E-state index in [1.807, 2.05) is 6.26 Å². The molecule has 3 rings (SSSR count). The van der Waals surface area contributed by atoms with Crippen LogP contribution in [0.3, 0.4) is 0 Å². The van der Waals surface area contributed by atoms with Crippen molar-refractivity contribution in [3.63, 3.8) is 0 Å². The maximum atomic E-state index is 9.22. The predicted molar refractivity (Wildman–Crippen MR) is 93.1 cm³/mol. The van der Waals surface area contributed by atoms with Crippen LogP contribution in [0, 0.1) is 11.3 Å². The Balaban J connectivity index is 1.91. The van der Waals surface area contributed by atoms with Gasteiger partial charge in [0, 0.05) is 6.07 Å². The van der Waals surface area contributed by atoms with Gasteiger partial charge in [-0.2, -0.15) is 15.0 Å². The van der Waals surface area contributed by atoms with Gasteiger partial charge in [0.2, 0.25) is 5.88 Å². The van der Waals surface area contributed by atoms with E-state index in [-0.39, 0.29) is 5.82 Å². The van der Waals surface area contributed by atoms with Crippen molar-refractivity contribution in [3.05, 3.63) is 42.2 Å². The van der Waals surface area contributed by atoms with Crippen molar-refractivity contribution in [1.29, 1.82) is 5.26 Å². The molecule has 0 atom stereocenters. The number of ether oxygens (including phenoxy) is 2. The van der Waals surface area contributed by atoms with Crippen molar-refractivity contribution >= 4 is 17.6 Å². The number of nitriles is 1. The molecule has 2 heterocycles. The van der Waals surface area contributed by atoms with Crippen molar-refractivity contribution in [2.45, 2.75) is 5.03 Å². The van der Waals surface area contributed by atoms with Crippen LogP contribution in [0.5, 0.6) is 17.4 Å². The molecule has 25 heavy (non-hydrogen) atoms. The van der Waals surface area contributed by atoms with Gasteiger partial charge in [0.05, 0.1) is 7.11 Å². The number of anilines is 1. The minimum absolute atomic E-state index is 0.223. The summed E-state index contributed by atoms with van der Waals surface area (Å²) in [4.78, 5) is 8.24. The summed E-state index contributed by atoms with van der Waals surface area (Å²) in [6.45, 7) is 0. The quantitative estimate of drug-likeness (QED) is 0.696. The normalized spacial score (nSPS) is 10.3. The predicted octanol–water partition coefficient (Wildman–Crippen LogP) is 2.64. The second-order valence-electron chi connectivity index (χ2n) is 4.79. The van der Waals surface area contributed by atoms with E-state index in [2.05, 4.69) is 21.1 Å². The number of hydrogen-bond donors (Lipinski definition) is 1. The molecule has 0 fully saturated rings. The molecule has 1 aromatic carbocycles. The van der Waals surface area contributed by atoms with Crippen LogP contribution in [-0.4, -0.2) is 33.1 Å². The fraction of sp³-hybridized carbons (Fsp3) is 0.125. The van der Waals surface area contributed by atoms with Gasteiger partial charge in [0.25, 0.3) is 0 Å². The Hall–Kier alpha value is -3.25. The molecule has 0 aliphatic rings. The lowest BCUT2D eigenvalue weighted by Crippen LogP contribution is -2.05. The highest BCUT2D eigenvalue weighted by Crippen LogP contribution is 2.27. The molecule has 2 N–H and O–H groups in total. The van der Waals surface area contributed by atoms with E-state index in [0.29, 0.717) is 28.0 Å². The molecular formula is C16H14N6O2S. The molecule has 126 valence electrons. The second-order valence-corrected chi connectivity index (χ2v) is 5.58. The molecule has 0 saturated carbocycles. The molecule has 0 saturated heterocycles. The Morgan fingerprint density at radius 1 is 1.20 bits per heavy atom. The standard InChI is InChI=1S/C16H14N6O2S/c1-23-10-3-5-11(6-4-10)24-14-7-13(19-9-20-14)22-15(18)12(8-17)16(21-22)25-2/h3-7,9H,18H2,1-2H3. The highest BCUT2D eigenvalue weighted by Gasteiger charge is 2.17. The fourth-order valence-electron chi connectivity index (χ4n) is 2.10. The van der Waals surface area contributed by atoms with E-state index >= 15 is 0 Å². The summed E-state index contributed by atoms with van der Waals surface area (Å²) >= 11 is 1.34. The molecule has 0 aliphatic heterocycles. The van der Waals surface area contributed by atoms with Crippen molar-refractivity contribution in [2.24, 2.45) is 0 Å². The monoisotopic (exact) mass is 354 g/mol. The minimum atomic E-state index is 0.223. The van der Waals surface area contributed by atoms with Crippen LogP contribution in [0.2, 0.25) is 0 Å². The lowest BCUT2D eigenvalue weighted by Gasteiger charge is -2.07. The zero-order valence-corrected chi connectivity index (χ0v) is 14.3. The SMILES string of the molecule is COc1ccc(Oc2cc(-n3nc(SC)c(C#N)c3N)ncn2)cc1. The zero-order chi connectivity index (χ0) is 17.8. The van der Waals surface area contributed by atoms with Crippen molar-refractivity contribution in [2.75, 3.05) is 19.1 Å². The van der Waals surface area contributed by atoms with Crippen LogP contribution in [0.4, 0.5) is 5.82 Å². The van der Waals surface area contributed by atoms with Crippen molar-refractivity contribution in [1.82, 2.24) is 19.7 Å². The van der Waals surface area contributed by atoms with E-state index < -0.39 is 0 Å². The molecule has 0 unspecified atom stereocenters. The summed E-state index contributed by atoms with van der Waals surface area (Å²) in [6.07, 6.45) is 3.17. The highest BCUT2D eigenvalue weighted by molar-refractivity contribution is 7.98. The minimum Gasteiger partial charge on any atom is -0.497 e. The maximum absolute atomic E-state index is 9.22. The van der Waals surface area contributed by atoms with Crippen molar-refractivity contribution in [3.8, 4) is 29.3 Å². The van der Waals surface area contributed by atoms with E-state index in [1.54, 1.807) is 37.4 Å². The summed E-state index contributed by atoms with van der Waals surface area (Å²) in [5.74, 6) is 2.29. The van der Waals surface area contributed by atoms with Gasteiger partial charge >= 0.3 is 0 Å². The second kappa shape index (κ2) is 7.11. The molecule has 3 aromatic rings. The third-order valence-corrected chi connectivity index (χ3v) is 3.99. The van der Waals surface area contributed by atoms with Crippen LogP contribution in [0.15, 0.2) is 41.7 Å². The lowest BCUT2D eigenvalue weighted by atomic mass is 10.3. The molecule has 9 heteroatoms. The number of rotatable bonds is 5. The third kappa shape index (κ3) is 3.34. The summed E-state index contributed by atoms with van der Waals surface area (Å²) < 4.78 is 12.2. The summed E-state index contributed by atoms with van der Waals surface area (Å²) in [5.41, 5.74) is 6.33. The van der Waals surface area contributed by atoms with E-state index in [4.69, 9.17) is 15.2 Å². The Morgan fingerprint density at radius 3 is 2.52 bits per heavy atom. The number of thioether (sulfide) groups is 1. The largest absolute Gasteiger partial charge is 0.497 e. The number of methoxy groups -OCH3 is 1. The smallest absolute Gasteiger partial charge is 0.224 e. The van der Waals surface area contributed by atoms with E-state index in [1.165, 1.54) is 22.8 Å². The molecule has 8 nitrogen and oxygen atoms in total. The molecular weight excluding hydrogens is 340 g/mol. The van der Waals surface area contributed by atoms with Gasteiger partial charge in [-0.05, 0) is 30.5 Å². The van der Waals surface area contributed by atoms with Crippen LogP contribution in [-0.2, 0) is 0 Å². The number of benzene rings is 1. The molecule has 0 bridgehead atoms. The van der Waals surface area contributed by atoms with Gasteiger partial charge < -0.3 is 15.2 Å².